The van der Waals surface area contributed by atoms with E-state index in [2.05, 4.69) is 34.6 Å². The zero-order valence-corrected chi connectivity index (χ0v) is 11.4. The third-order valence-corrected chi connectivity index (χ3v) is 6.24. The van der Waals surface area contributed by atoms with Gasteiger partial charge in [0.05, 0.1) is 0 Å². The second-order valence-electron chi connectivity index (χ2n) is 4.08. The van der Waals surface area contributed by atoms with Crippen molar-refractivity contribution in [2.45, 2.75) is 53.1 Å². The van der Waals surface area contributed by atoms with Gasteiger partial charge in [-0.25, -0.2) is 0 Å². The molecule has 0 spiro atoms. The average molecular weight is 218 g/mol. The molecule has 0 saturated carbocycles. The molecule has 0 aromatic rings. The maximum absolute atomic E-state index is 6.00. The minimum absolute atomic E-state index is 0.719. The monoisotopic (exact) mass is 218 g/mol. The third kappa shape index (κ3) is 5.13. The summed E-state index contributed by atoms with van der Waals surface area (Å²) in [5, 5.41) is 0. The van der Waals surface area contributed by atoms with E-state index in [1.54, 1.807) is 0 Å². The highest BCUT2D eigenvalue weighted by molar-refractivity contribution is 6.67. The first kappa shape index (κ1) is 14.1. The number of rotatable bonds is 8. The molecule has 0 aromatic carbocycles. The SMILES string of the molecule is CCO[Si](CC)(CC)OCCC(C)C. The largest absolute Gasteiger partial charge is 0.395 e. The summed E-state index contributed by atoms with van der Waals surface area (Å²) in [5.74, 6) is 0.719. The van der Waals surface area contributed by atoms with E-state index in [4.69, 9.17) is 8.85 Å². The molecule has 0 aliphatic heterocycles. The maximum atomic E-state index is 6.00. The fourth-order valence-electron chi connectivity index (χ4n) is 1.44. The highest BCUT2D eigenvalue weighted by atomic mass is 28.4. The molecule has 0 atom stereocenters. The lowest BCUT2D eigenvalue weighted by atomic mass is 10.2. The van der Waals surface area contributed by atoms with Crippen LogP contribution in [0.25, 0.3) is 0 Å². The molecule has 0 aliphatic carbocycles. The minimum atomic E-state index is -1.81. The van der Waals surface area contributed by atoms with Crippen LogP contribution < -0.4 is 0 Å². The Bertz CT molecular complexity index is 133. The quantitative estimate of drug-likeness (QED) is 0.580. The molecule has 0 amide bonds. The van der Waals surface area contributed by atoms with Gasteiger partial charge in [0, 0.05) is 13.2 Å². The standard InChI is InChI=1S/C11H26O2Si/c1-6-12-14(7-2,8-3)13-10-9-11(4)5/h11H,6-10H2,1-5H3. The highest BCUT2D eigenvalue weighted by Crippen LogP contribution is 2.19. The normalized spacial score (nSPS) is 12.4. The van der Waals surface area contributed by atoms with Crippen molar-refractivity contribution in [3.8, 4) is 0 Å². The highest BCUT2D eigenvalue weighted by Gasteiger charge is 2.32. The predicted molar refractivity (Wildman–Crippen MR) is 63.7 cm³/mol. The molecular formula is C11H26O2Si. The topological polar surface area (TPSA) is 18.5 Å². The Morgan fingerprint density at radius 3 is 1.93 bits per heavy atom. The van der Waals surface area contributed by atoms with Crippen LogP contribution in [0.15, 0.2) is 0 Å². The van der Waals surface area contributed by atoms with Crippen LogP contribution >= 0.6 is 0 Å². The molecule has 0 aromatic heterocycles. The molecule has 0 N–H and O–H groups in total. The zero-order valence-electron chi connectivity index (χ0n) is 10.4. The van der Waals surface area contributed by atoms with E-state index >= 15 is 0 Å². The first-order valence-corrected chi connectivity index (χ1v) is 8.11. The lowest BCUT2D eigenvalue weighted by molar-refractivity contribution is 0.168. The summed E-state index contributed by atoms with van der Waals surface area (Å²) in [6.45, 7) is 12.5. The van der Waals surface area contributed by atoms with Gasteiger partial charge in [-0.3, -0.25) is 0 Å². The Morgan fingerprint density at radius 1 is 1.00 bits per heavy atom. The molecule has 0 saturated heterocycles. The summed E-state index contributed by atoms with van der Waals surface area (Å²) >= 11 is 0. The summed E-state index contributed by atoms with van der Waals surface area (Å²) < 4.78 is 11.8. The summed E-state index contributed by atoms with van der Waals surface area (Å²) in [7, 11) is -1.81. The van der Waals surface area contributed by atoms with Crippen molar-refractivity contribution in [1.29, 1.82) is 0 Å². The van der Waals surface area contributed by atoms with E-state index in [0.29, 0.717) is 0 Å². The number of hydrogen-bond donors (Lipinski definition) is 0. The fraction of sp³-hybridized carbons (Fsp3) is 1.00. The summed E-state index contributed by atoms with van der Waals surface area (Å²) in [5.41, 5.74) is 0. The Kier molecular flexibility index (Phi) is 7.50. The molecule has 0 aliphatic rings. The van der Waals surface area contributed by atoms with E-state index in [9.17, 15) is 0 Å². The molecule has 14 heavy (non-hydrogen) atoms. The molecule has 0 fully saturated rings. The smallest absolute Gasteiger partial charge is 0.337 e. The molecular weight excluding hydrogens is 192 g/mol. The molecule has 0 bridgehead atoms. The van der Waals surface area contributed by atoms with Crippen LogP contribution in [0, 0.1) is 5.92 Å². The van der Waals surface area contributed by atoms with Crippen molar-refractivity contribution < 1.29 is 8.85 Å². The third-order valence-electron chi connectivity index (χ3n) is 2.55. The van der Waals surface area contributed by atoms with E-state index in [-0.39, 0.29) is 0 Å². The van der Waals surface area contributed by atoms with Crippen molar-refractivity contribution in [3.05, 3.63) is 0 Å². The lowest BCUT2D eigenvalue weighted by Gasteiger charge is -2.28. The minimum Gasteiger partial charge on any atom is -0.395 e. The molecule has 2 nitrogen and oxygen atoms in total. The van der Waals surface area contributed by atoms with Crippen molar-refractivity contribution in [2.75, 3.05) is 13.2 Å². The average Bonchev–Trinajstić information content (AvgIpc) is 2.16. The van der Waals surface area contributed by atoms with Crippen LogP contribution in [0.1, 0.15) is 41.0 Å². The fourth-order valence-corrected chi connectivity index (χ4v) is 3.86. The summed E-state index contributed by atoms with van der Waals surface area (Å²) in [4.78, 5) is 0. The second kappa shape index (κ2) is 7.43. The van der Waals surface area contributed by atoms with Crippen LogP contribution in [0.4, 0.5) is 0 Å². The Hall–Kier alpha value is 0.137. The molecule has 0 rings (SSSR count). The van der Waals surface area contributed by atoms with Gasteiger partial charge in [0.15, 0.2) is 0 Å². The molecule has 0 heterocycles. The van der Waals surface area contributed by atoms with Crippen molar-refractivity contribution >= 4 is 8.56 Å². The Morgan fingerprint density at radius 2 is 1.57 bits per heavy atom. The van der Waals surface area contributed by atoms with Gasteiger partial charge in [0.25, 0.3) is 0 Å². The van der Waals surface area contributed by atoms with Crippen molar-refractivity contribution in [3.63, 3.8) is 0 Å². The van der Waals surface area contributed by atoms with Crippen LogP contribution in [0.3, 0.4) is 0 Å². The predicted octanol–water partition coefficient (Wildman–Crippen LogP) is 3.57. The van der Waals surface area contributed by atoms with Gasteiger partial charge in [-0.05, 0) is 31.4 Å². The summed E-state index contributed by atoms with van der Waals surface area (Å²) in [6, 6.07) is 2.13. The molecule has 0 radical (unpaired) electrons. The van der Waals surface area contributed by atoms with Crippen molar-refractivity contribution in [2.24, 2.45) is 5.92 Å². The first-order chi connectivity index (χ1) is 6.60. The van der Waals surface area contributed by atoms with Gasteiger partial charge in [-0.2, -0.15) is 0 Å². The summed E-state index contributed by atoms with van der Waals surface area (Å²) in [6.07, 6.45) is 1.14. The van der Waals surface area contributed by atoms with E-state index in [0.717, 1.165) is 37.6 Å². The molecule has 3 heteroatoms. The Balaban J connectivity index is 3.94. The maximum Gasteiger partial charge on any atom is 0.337 e. The number of hydrogen-bond acceptors (Lipinski definition) is 2. The zero-order chi connectivity index (χ0) is 11.0. The van der Waals surface area contributed by atoms with Gasteiger partial charge in [-0.1, -0.05) is 27.7 Å². The van der Waals surface area contributed by atoms with Crippen LogP contribution in [0.2, 0.25) is 12.1 Å². The van der Waals surface area contributed by atoms with Gasteiger partial charge >= 0.3 is 8.56 Å². The van der Waals surface area contributed by atoms with Gasteiger partial charge in [-0.15, -0.1) is 0 Å². The van der Waals surface area contributed by atoms with Crippen LogP contribution in [0.5, 0.6) is 0 Å². The van der Waals surface area contributed by atoms with E-state index in [1.807, 2.05) is 0 Å². The molecule has 86 valence electrons. The first-order valence-electron chi connectivity index (χ1n) is 5.88. The van der Waals surface area contributed by atoms with E-state index in [1.165, 1.54) is 0 Å². The lowest BCUT2D eigenvalue weighted by Crippen LogP contribution is -2.41. The van der Waals surface area contributed by atoms with Crippen LogP contribution in [-0.2, 0) is 8.85 Å². The second-order valence-corrected chi connectivity index (χ2v) is 7.89. The van der Waals surface area contributed by atoms with Gasteiger partial charge in [0.2, 0.25) is 0 Å². The molecule has 0 unspecified atom stereocenters. The Labute approximate surface area is 90.2 Å². The van der Waals surface area contributed by atoms with Gasteiger partial charge < -0.3 is 8.85 Å². The van der Waals surface area contributed by atoms with Crippen molar-refractivity contribution in [1.82, 2.24) is 0 Å². The van der Waals surface area contributed by atoms with E-state index < -0.39 is 8.56 Å². The van der Waals surface area contributed by atoms with Crippen LogP contribution in [-0.4, -0.2) is 21.8 Å². The van der Waals surface area contributed by atoms with Gasteiger partial charge in [0.1, 0.15) is 0 Å².